The second-order valence-corrected chi connectivity index (χ2v) is 6.16. The highest BCUT2D eigenvalue weighted by Crippen LogP contribution is 2.11. The Labute approximate surface area is 155 Å². The van der Waals surface area contributed by atoms with Gasteiger partial charge in [-0.25, -0.2) is 0 Å². The molecule has 0 bridgehead atoms. The highest BCUT2D eigenvalue weighted by molar-refractivity contribution is 9.10. The lowest BCUT2D eigenvalue weighted by Crippen LogP contribution is -1.98. The van der Waals surface area contributed by atoms with Gasteiger partial charge in [0.15, 0.2) is 0 Å². The van der Waals surface area contributed by atoms with Crippen molar-refractivity contribution in [2.75, 3.05) is 0 Å². The van der Waals surface area contributed by atoms with E-state index in [1.165, 1.54) is 0 Å². The van der Waals surface area contributed by atoms with E-state index in [-0.39, 0.29) is 5.78 Å². The van der Waals surface area contributed by atoms with Crippen molar-refractivity contribution in [2.45, 2.75) is 0 Å². The van der Waals surface area contributed by atoms with Gasteiger partial charge in [-0.2, -0.15) is 0 Å². The van der Waals surface area contributed by atoms with Crippen LogP contribution < -0.4 is 0 Å². The number of hydrogen-bond acceptors (Lipinski definition) is 1. The van der Waals surface area contributed by atoms with Crippen molar-refractivity contribution >= 4 is 21.7 Å². The Morgan fingerprint density at radius 3 is 2.08 bits per heavy atom. The molecule has 3 aromatic rings. The molecule has 0 aromatic heterocycles. The molecule has 0 radical (unpaired) electrons. The molecule has 0 aliphatic heterocycles. The molecular formula is C23H13BrO. The summed E-state index contributed by atoms with van der Waals surface area (Å²) in [5, 5.41) is 0. The quantitative estimate of drug-likeness (QED) is 0.422. The fourth-order valence-electron chi connectivity index (χ4n) is 2.18. The van der Waals surface area contributed by atoms with E-state index in [4.69, 9.17) is 0 Å². The molecule has 0 heterocycles. The number of carbonyl (C=O) groups excluding carboxylic acids is 1. The molecule has 0 aliphatic carbocycles. The summed E-state index contributed by atoms with van der Waals surface area (Å²) in [6.45, 7) is 0. The van der Waals surface area contributed by atoms with Crippen LogP contribution in [0.5, 0.6) is 0 Å². The third-order valence-corrected chi connectivity index (χ3v) is 3.98. The van der Waals surface area contributed by atoms with Gasteiger partial charge in [0, 0.05) is 26.7 Å². The Hall–Kier alpha value is -3.07. The molecule has 0 spiro atoms. The topological polar surface area (TPSA) is 17.1 Å². The normalized spacial score (nSPS) is 9.32. The molecule has 0 saturated carbocycles. The third-order valence-electron chi connectivity index (χ3n) is 3.45. The van der Waals surface area contributed by atoms with Crippen molar-refractivity contribution in [2.24, 2.45) is 0 Å². The molecule has 25 heavy (non-hydrogen) atoms. The highest BCUT2D eigenvalue weighted by Gasteiger charge is 2.06. The zero-order chi connectivity index (χ0) is 17.5. The molecule has 2 heteroatoms. The van der Waals surface area contributed by atoms with E-state index in [0.29, 0.717) is 11.1 Å². The van der Waals surface area contributed by atoms with Crippen molar-refractivity contribution in [1.82, 2.24) is 0 Å². The molecule has 0 aliphatic rings. The average Bonchev–Trinajstić information content (AvgIpc) is 2.67. The summed E-state index contributed by atoms with van der Waals surface area (Å²) in [7, 11) is 0. The molecule has 0 atom stereocenters. The smallest absolute Gasteiger partial charge is 0.237 e. The predicted molar refractivity (Wildman–Crippen MR) is 104 cm³/mol. The fourth-order valence-corrected chi connectivity index (χ4v) is 2.44. The Kier molecular flexibility index (Phi) is 5.47. The van der Waals surface area contributed by atoms with Crippen LogP contribution in [-0.2, 0) is 0 Å². The van der Waals surface area contributed by atoms with E-state index in [0.717, 1.165) is 15.6 Å². The van der Waals surface area contributed by atoms with Crippen LogP contribution >= 0.6 is 15.9 Å². The van der Waals surface area contributed by atoms with E-state index in [2.05, 4.69) is 39.6 Å². The summed E-state index contributed by atoms with van der Waals surface area (Å²) in [5.74, 6) is 11.5. The largest absolute Gasteiger partial charge is 0.279 e. The van der Waals surface area contributed by atoms with Gasteiger partial charge in [-0.3, -0.25) is 4.79 Å². The third kappa shape index (κ3) is 4.70. The number of halogens is 1. The number of Topliss-reactive ketones (excluding diaryl/α,β-unsaturated/α-hetero) is 1. The van der Waals surface area contributed by atoms with Crippen molar-refractivity contribution in [3.8, 4) is 23.7 Å². The summed E-state index contributed by atoms with van der Waals surface area (Å²) in [6.07, 6.45) is 0. The van der Waals surface area contributed by atoms with E-state index < -0.39 is 0 Å². The van der Waals surface area contributed by atoms with Crippen LogP contribution in [0.15, 0.2) is 83.3 Å². The summed E-state index contributed by atoms with van der Waals surface area (Å²) in [6, 6.07) is 24.5. The molecule has 0 unspecified atom stereocenters. The monoisotopic (exact) mass is 384 g/mol. The average molecular weight is 385 g/mol. The maximum Gasteiger partial charge on any atom is 0.237 e. The van der Waals surface area contributed by atoms with Gasteiger partial charge in [-0.05, 0) is 54.5 Å². The molecule has 0 amide bonds. The fraction of sp³-hybridized carbons (Fsp3) is 0. The molecule has 3 aromatic carbocycles. The number of rotatable bonds is 1. The Morgan fingerprint density at radius 1 is 0.680 bits per heavy atom. The first-order chi connectivity index (χ1) is 12.2. The molecule has 0 saturated heterocycles. The van der Waals surface area contributed by atoms with Gasteiger partial charge in [0.05, 0.1) is 0 Å². The summed E-state index contributed by atoms with van der Waals surface area (Å²) >= 11 is 3.38. The lowest BCUT2D eigenvalue weighted by atomic mass is 10.0. The van der Waals surface area contributed by atoms with Crippen molar-refractivity contribution < 1.29 is 4.79 Å². The number of carbonyl (C=O) groups is 1. The number of hydrogen-bond donors (Lipinski definition) is 0. The van der Waals surface area contributed by atoms with Crippen LogP contribution in [0.25, 0.3) is 0 Å². The Morgan fingerprint density at radius 2 is 1.32 bits per heavy atom. The van der Waals surface area contributed by atoms with Crippen LogP contribution in [0.4, 0.5) is 0 Å². The second-order valence-electron chi connectivity index (χ2n) is 5.25. The first kappa shape index (κ1) is 16.8. The van der Waals surface area contributed by atoms with Crippen LogP contribution in [0.3, 0.4) is 0 Å². The van der Waals surface area contributed by atoms with Gasteiger partial charge in [-0.15, -0.1) is 0 Å². The first-order valence-electron chi connectivity index (χ1n) is 7.70. The Bertz CT molecular complexity index is 1010. The minimum absolute atomic E-state index is 0.235. The lowest BCUT2D eigenvalue weighted by molar-refractivity contribution is 0.105. The SMILES string of the molecule is O=C(C#Cc1ccc(Br)cc1)c1ccccc1C#Cc1ccccc1. The standard InChI is InChI=1S/C23H13BrO/c24-21-15-11-19(12-16-21)13-17-23(25)22-9-5-4-8-20(22)14-10-18-6-2-1-3-7-18/h1-9,11-12,15-16H. The highest BCUT2D eigenvalue weighted by atomic mass is 79.9. The summed E-state index contributed by atoms with van der Waals surface area (Å²) in [4.78, 5) is 12.5. The number of ketones is 1. The van der Waals surface area contributed by atoms with Gasteiger partial charge in [0.2, 0.25) is 5.78 Å². The van der Waals surface area contributed by atoms with Crippen molar-refractivity contribution in [1.29, 1.82) is 0 Å². The first-order valence-corrected chi connectivity index (χ1v) is 8.50. The van der Waals surface area contributed by atoms with E-state index in [9.17, 15) is 4.79 Å². The van der Waals surface area contributed by atoms with Crippen LogP contribution in [0.2, 0.25) is 0 Å². The van der Waals surface area contributed by atoms with E-state index >= 15 is 0 Å². The zero-order valence-corrected chi connectivity index (χ0v) is 14.9. The predicted octanol–water partition coefficient (Wildman–Crippen LogP) is 5.08. The maximum atomic E-state index is 12.5. The van der Waals surface area contributed by atoms with E-state index in [1.807, 2.05) is 72.8 Å². The maximum absolute atomic E-state index is 12.5. The minimum atomic E-state index is -0.235. The van der Waals surface area contributed by atoms with Gasteiger partial charge in [0.1, 0.15) is 0 Å². The van der Waals surface area contributed by atoms with Gasteiger partial charge in [0.25, 0.3) is 0 Å². The second kappa shape index (κ2) is 8.15. The van der Waals surface area contributed by atoms with Crippen molar-refractivity contribution in [3.05, 3.63) is 106 Å². The lowest BCUT2D eigenvalue weighted by Gasteiger charge is -1.98. The molecular weight excluding hydrogens is 372 g/mol. The van der Waals surface area contributed by atoms with Crippen molar-refractivity contribution in [3.63, 3.8) is 0 Å². The van der Waals surface area contributed by atoms with Gasteiger partial charge >= 0.3 is 0 Å². The molecule has 0 N–H and O–H groups in total. The summed E-state index contributed by atoms with van der Waals surface area (Å²) in [5.41, 5.74) is 2.91. The van der Waals surface area contributed by atoms with Gasteiger partial charge < -0.3 is 0 Å². The number of benzene rings is 3. The summed E-state index contributed by atoms with van der Waals surface area (Å²) < 4.78 is 0.978. The Balaban J connectivity index is 1.87. The molecule has 118 valence electrons. The van der Waals surface area contributed by atoms with Gasteiger partial charge in [-0.1, -0.05) is 64.0 Å². The van der Waals surface area contributed by atoms with E-state index in [1.54, 1.807) is 6.07 Å². The van der Waals surface area contributed by atoms with Crippen LogP contribution in [0, 0.1) is 23.7 Å². The molecule has 1 nitrogen and oxygen atoms in total. The zero-order valence-electron chi connectivity index (χ0n) is 13.3. The van der Waals surface area contributed by atoms with Crippen LogP contribution in [0.1, 0.15) is 27.0 Å². The minimum Gasteiger partial charge on any atom is -0.279 e. The van der Waals surface area contributed by atoms with Crippen LogP contribution in [-0.4, -0.2) is 5.78 Å². The molecule has 3 rings (SSSR count). The molecule has 0 fully saturated rings.